The van der Waals surface area contributed by atoms with E-state index in [1.165, 1.54) is 7.11 Å². The van der Waals surface area contributed by atoms with E-state index in [2.05, 4.69) is 5.16 Å². The summed E-state index contributed by atoms with van der Waals surface area (Å²) >= 11 is 0. The number of methoxy groups -OCH3 is 1. The Balaban J connectivity index is 2.76. The van der Waals surface area contributed by atoms with Crippen molar-refractivity contribution in [3.05, 3.63) is 30.0 Å². The summed E-state index contributed by atoms with van der Waals surface area (Å²) in [6, 6.07) is 7.16. The summed E-state index contributed by atoms with van der Waals surface area (Å²) in [5, 5.41) is 3.87. The van der Waals surface area contributed by atoms with Crippen LogP contribution in [0.5, 0.6) is 5.75 Å². The molecule has 0 bridgehead atoms. The van der Waals surface area contributed by atoms with Crippen LogP contribution in [0.3, 0.4) is 0 Å². The molecule has 0 spiro atoms. The van der Waals surface area contributed by atoms with Gasteiger partial charge < -0.3 is 15.0 Å². The van der Waals surface area contributed by atoms with Crippen molar-refractivity contribution in [3.63, 3.8) is 0 Å². The molecular weight excluding hydrogens is 292 g/mol. The smallest absolute Gasteiger partial charge is 0.230 e. The molecule has 0 unspecified atom stereocenters. The minimum atomic E-state index is -3.41. The first-order valence-corrected chi connectivity index (χ1v) is 8.18. The fourth-order valence-electron chi connectivity index (χ4n) is 2.00. The first-order valence-electron chi connectivity index (χ1n) is 6.28. The van der Waals surface area contributed by atoms with E-state index in [1.807, 2.05) is 12.1 Å². The van der Waals surface area contributed by atoms with Crippen LogP contribution in [0, 0.1) is 0 Å². The van der Waals surface area contributed by atoms with Crippen LogP contribution < -0.4 is 10.5 Å². The Labute approximate surface area is 123 Å². The Bertz CT molecular complexity index is 763. The predicted octanol–water partition coefficient (Wildman–Crippen LogP) is 2.21. The van der Waals surface area contributed by atoms with Gasteiger partial charge in [-0.3, -0.25) is 0 Å². The highest BCUT2D eigenvalue weighted by atomic mass is 32.2. The van der Waals surface area contributed by atoms with Crippen LogP contribution in [0.1, 0.15) is 19.5 Å². The van der Waals surface area contributed by atoms with Gasteiger partial charge in [0, 0.05) is 11.8 Å². The minimum absolute atomic E-state index is 0.0613. The first-order chi connectivity index (χ1) is 9.70. The average molecular weight is 310 g/mol. The maximum atomic E-state index is 12.0. The summed E-state index contributed by atoms with van der Waals surface area (Å²) in [6.07, 6.45) is 1.16. The van der Waals surface area contributed by atoms with E-state index in [-0.39, 0.29) is 11.6 Å². The lowest BCUT2D eigenvalue weighted by atomic mass is 9.98. The van der Waals surface area contributed by atoms with Crippen molar-refractivity contribution in [1.29, 1.82) is 0 Å². The van der Waals surface area contributed by atoms with E-state index in [0.29, 0.717) is 16.9 Å². The Morgan fingerprint density at radius 2 is 1.90 bits per heavy atom. The zero-order valence-corrected chi connectivity index (χ0v) is 13.2. The van der Waals surface area contributed by atoms with Gasteiger partial charge in [-0.25, -0.2) is 8.42 Å². The van der Waals surface area contributed by atoms with Gasteiger partial charge in [-0.15, -0.1) is 0 Å². The SMILES string of the molecule is COc1ccccc1-c1c(C(C)(C)S(C)(=O)=O)noc1N. The number of hydrogen-bond donors (Lipinski definition) is 1. The van der Waals surface area contributed by atoms with E-state index in [0.717, 1.165) is 6.26 Å². The summed E-state index contributed by atoms with van der Waals surface area (Å²) in [4.78, 5) is 0. The number of benzene rings is 1. The standard InChI is InChI=1S/C14H18N2O4S/c1-14(2,21(4,17)18)12-11(13(15)20-16-12)9-7-5-6-8-10(9)19-3/h5-8H,15H2,1-4H3. The number of rotatable bonds is 4. The lowest BCUT2D eigenvalue weighted by Crippen LogP contribution is -2.29. The molecule has 0 saturated heterocycles. The molecule has 7 heteroatoms. The van der Waals surface area contributed by atoms with Gasteiger partial charge in [-0.05, 0) is 19.9 Å². The van der Waals surface area contributed by atoms with Gasteiger partial charge in [0.05, 0.1) is 12.7 Å². The molecule has 2 rings (SSSR count). The molecule has 2 N–H and O–H groups in total. The zero-order valence-electron chi connectivity index (χ0n) is 12.4. The zero-order chi connectivity index (χ0) is 15.8. The second-order valence-corrected chi connectivity index (χ2v) is 7.82. The fourth-order valence-corrected chi connectivity index (χ4v) is 2.49. The molecule has 0 fully saturated rings. The van der Waals surface area contributed by atoms with E-state index in [4.69, 9.17) is 15.0 Å². The highest BCUT2D eigenvalue weighted by Crippen LogP contribution is 2.42. The number of nitrogens with two attached hydrogens (primary N) is 1. The van der Waals surface area contributed by atoms with Crippen LogP contribution in [-0.4, -0.2) is 26.9 Å². The lowest BCUT2D eigenvalue weighted by Gasteiger charge is -2.21. The average Bonchev–Trinajstić information content (AvgIpc) is 2.79. The third kappa shape index (κ3) is 2.49. The maximum absolute atomic E-state index is 12.0. The highest BCUT2D eigenvalue weighted by Gasteiger charge is 2.39. The quantitative estimate of drug-likeness (QED) is 0.930. The number of ether oxygens (including phenoxy) is 1. The Hall–Kier alpha value is -2.02. The molecule has 114 valence electrons. The summed E-state index contributed by atoms with van der Waals surface area (Å²) in [5.41, 5.74) is 7.22. The predicted molar refractivity (Wildman–Crippen MR) is 80.8 cm³/mol. The van der Waals surface area contributed by atoms with Gasteiger partial charge in [0.15, 0.2) is 9.84 Å². The molecule has 0 aliphatic heterocycles. The number of aromatic nitrogens is 1. The number of para-hydroxylation sites is 1. The third-order valence-electron chi connectivity index (χ3n) is 3.59. The molecule has 0 amide bonds. The Kier molecular flexibility index (Phi) is 3.71. The highest BCUT2D eigenvalue weighted by molar-refractivity contribution is 7.91. The van der Waals surface area contributed by atoms with E-state index in [9.17, 15) is 8.42 Å². The fraction of sp³-hybridized carbons (Fsp3) is 0.357. The van der Waals surface area contributed by atoms with Gasteiger partial charge >= 0.3 is 0 Å². The molecule has 2 aromatic rings. The van der Waals surface area contributed by atoms with E-state index in [1.54, 1.807) is 26.0 Å². The minimum Gasteiger partial charge on any atom is -0.496 e. The molecule has 1 heterocycles. The van der Waals surface area contributed by atoms with Gasteiger partial charge in [0.25, 0.3) is 0 Å². The number of sulfone groups is 1. The number of hydrogen-bond acceptors (Lipinski definition) is 6. The van der Waals surface area contributed by atoms with Crippen LogP contribution in [0.4, 0.5) is 5.88 Å². The molecule has 21 heavy (non-hydrogen) atoms. The van der Waals surface area contributed by atoms with E-state index < -0.39 is 14.6 Å². The van der Waals surface area contributed by atoms with Crippen LogP contribution >= 0.6 is 0 Å². The first kappa shape index (κ1) is 15.4. The van der Waals surface area contributed by atoms with Crippen molar-refractivity contribution in [2.45, 2.75) is 18.6 Å². The second-order valence-electron chi connectivity index (χ2n) is 5.25. The number of nitrogen functional groups attached to an aromatic ring is 1. The van der Waals surface area contributed by atoms with E-state index >= 15 is 0 Å². The summed E-state index contributed by atoms with van der Waals surface area (Å²) in [5.74, 6) is 0.629. The molecular formula is C14H18N2O4S. The van der Waals surface area contributed by atoms with Crippen molar-refractivity contribution in [2.24, 2.45) is 0 Å². The van der Waals surface area contributed by atoms with Crippen LogP contribution in [0.25, 0.3) is 11.1 Å². The number of anilines is 1. The Morgan fingerprint density at radius 1 is 1.29 bits per heavy atom. The Morgan fingerprint density at radius 3 is 2.48 bits per heavy atom. The topological polar surface area (TPSA) is 95.4 Å². The molecule has 0 aliphatic rings. The van der Waals surface area contributed by atoms with Crippen molar-refractivity contribution >= 4 is 15.7 Å². The molecule has 0 saturated carbocycles. The van der Waals surface area contributed by atoms with Gasteiger partial charge in [-0.2, -0.15) is 0 Å². The molecule has 0 aliphatic carbocycles. The molecule has 0 atom stereocenters. The van der Waals surface area contributed by atoms with Gasteiger partial charge in [0.1, 0.15) is 16.2 Å². The summed E-state index contributed by atoms with van der Waals surface area (Å²) in [6.45, 7) is 3.14. The number of nitrogens with zero attached hydrogens (tertiary/aromatic N) is 1. The second kappa shape index (κ2) is 5.07. The van der Waals surface area contributed by atoms with Crippen molar-refractivity contribution in [1.82, 2.24) is 5.16 Å². The van der Waals surface area contributed by atoms with Crippen molar-refractivity contribution in [3.8, 4) is 16.9 Å². The maximum Gasteiger partial charge on any atom is 0.230 e. The largest absolute Gasteiger partial charge is 0.496 e. The monoisotopic (exact) mass is 310 g/mol. The van der Waals surface area contributed by atoms with Crippen LogP contribution in [0.2, 0.25) is 0 Å². The van der Waals surface area contributed by atoms with Crippen LogP contribution in [-0.2, 0) is 14.6 Å². The van der Waals surface area contributed by atoms with Crippen molar-refractivity contribution < 1.29 is 17.7 Å². The van der Waals surface area contributed by atoms with Crippen LogP contribution in [0.15, 0.2) is 28.8 Å². The van der Waals surface area contributed by atoms with Crippen molar-refractivity contribution in [2.75, 3.05) is 19.1 Å². The third-order valence-corrected chi connectivity index (χ3v) is 5.64. The molecule has 1 aromatic heterocycles. The van der Waals surface area contributed by atoms with Gasteiger partial charge in [0.2, 0.25) is 5.88 Å². The molecule has 6 nitrogen and oxygen atoms in total. The lowest BCUT2D eigenvalue weighted by molar-refractivity contribution is 0.416. The summed E-state index contributed by atoms with van der Waals surface area (Å²) < 4.78 is 33.2. The van der Waals surface area contributed by atoms with Gasteiger partial charge in [-0.1, -0.05) is 23.4 Å². The summed E-state index contributed by atoms with van der Waals surface area (Å²) in [7, 11) is -1.88. The normalized spacial score (nSPS) is 12.4. The molecule has 0 radical (unpaired) electrons. The molecule has 1 aromatic carbocycles.